The van der Waals surface area contributed by atoms with Crippen molar-refractivity contribution in [3.63, 3.8) is 0 Å². The number of benzene rings is 1. The first-order valence-electron chi connectivity index (χ1n) is 7.07. The van der Waals surface area contributed by atoms with Crippen LogP contribution in [0.15, 0.2) is 30.5 Å². The smallest absolute Gasteiger partial charge is 0.405 e. The van der Waals surface area contributed by atoms with E-state index in [0.717, 1.165) is 11.3 Å². The highest BCUT2D eigenvalue weighted by atomic mass is 19.4. The molecule has 1 aromatic carbocycles. The van der Waals surface area contributed by atoms with Crippen molar-refractivity contribution in [1.82, 2.24) is 14.9 Å². The van der Waals surface area contributed by atoms with Gasteiger partial charge in [-0.2, -0.15) is 0 Å². The first-order valence-corrected chi connectivity index (χ1v) is 7.07. The number of hydrogen-bond acceptors (Lipinski definition) is 5. The predicted octanol–water partition coefficient (Wildman–Crippen LogP) is 2.52. The van der Waals surface area contributed by atoms with Gasteiger partial charge >= 0.3 is 6.36 Å². The highest BCUT2D eigenvalue weighted by Crippen LogP contribution is 2.28. The van der Waals surface area contributed by atoms with E-state index in [2.05, 4.69) is 14.7 Å². The zero-order chi connectivity index (χ0) is 16.4. The van der Waals surface area contributed by atoms with E-state index in [4.69, 9.17) is 5.73 Å². The largest absolute Gasteiger partial charge is 0.573 e. The van der Waals surface area contributed by atoms with Crippen LogP contribution in [0.1, 0.15) is 16.8 Å². The summed E-state index contributed by atoms with van der Waals surface area (Å²) in [5.41, 5.74) is 7.89. The van der Waals surface area contributed by atoms with Crippen LogP contribution in [0.4, 0.5) is 19.1 Å². The monoisotopic (exact) mass is 324 g/mol. The number of hydrogen-bond donors (Lipinski definition) is 1. The van der Waals surface area contributed by atoms with Gasteiger partial charge in [0.15, 0.2) is 0 Å². The molecular formula is C15H15F3N4O. The molecule has 2 N–H and O–H groups in total. The highest BCUT2D eigenvalue weighted by Gasteiger charge is 2.32. The van der Waals surface area contributed by atoms with Crippen LogP contribution in [0.5, 0.6) is 5.75 Å². The maximum absolute atomic E-state index is 12.5. The quantitative estimate of drug-likeness (QED) is 0.940. The number of halogens is 3. The number of alkyl halides is 3. The molecule has 0 aliphatic carbocycles. The van der Waals surface area contributed by atoms with Gasteiger partial charge in [0.05, 0.1) is 5.69 Å². The zero-order valence-corrected chi connectivity index (χ0v) is 12.2. The summed E-state index contributed by atoms with van der Waals surface area (Å²) in [5.74, 6) is 0.0699. The van der Waals surface area contributed by atoms with Gasteiger partial charge in [-0.3, -0.25) is 4.90 Å². The lowest BCUT2D eigenvalue weighted by Gasteiger charge is -2.28. The van der Waals surface area contributed by atoms with Crippen molar-refractivity contribution in [2.24, 2.45) is 0 Å². The third kappa shape index (κ3) is 3.89. The molecule has 0 unspecified atom stereocenters. The summed E-state index contributed by atoms with van der Waals surface area (Å²) in [6.45, 7) is 1.61. The van der Waals surface area contributed by atoms with Crippen LogP contribution in [0.25, 0.3) is 0 Å². The van der Waals surface area contributed by atoms with E-state index in [1.54, 1.807) is 18.3 Å². The molecule has 0 saturated carbocycles. The molecule has 2 aromatic rings. The molecule has 0 amide bonds. The molecule has 0 atom stereocenters. The number of nitrogens with two attached hydrogens (primary N) is 1. The Morgan fingerprint density at radius 3 is 2.83 bits per heavy atom. The van der Waals surface area contributed by atoms with Gasteiger partial charge in [0.2, 0.25) is 5.95 Å². The van der Waals surface area contributed by atoms with Crippen LogP contribution < -0.4 is 10.5 Å². The Bertz CT molecular complexity index is 705. The Labute approximate surface area is 130 Å². The number of rotatable bonds is 3. The van der Waals surface area contributed by atoms with E-state index in [0.29, 0.717) is 31.6 Å². The minimum Gasteiger partial charge on any atom is -0.405 e. The second kappa shape index (κ2) is 6.04. The molecular weight excluding hydrogens is 309 g/mol. The van der Waals surface area contributed by atoms with Crippen molar-refractivity contribution in [2.75, 3.05) is 12.3 Å². The first kappa shape index (κ1) is 15.5. The van der Waals surface area contributed by atoms with Gasteiger partial charge in [-0.15, -0.1) is 13.2 Å². The number of para-hydroxylation sites is 1. The van der Waals surface area contributed by atoms with Crippen molar-refractivity contribution < 1.29 is 17.9 Å². The van der Waals surface area contributed by atoms with Crippen LogP contribution >= 0.6 is 0 Å². The van der Waals surface area contributed by atoms with Gasteiger partial charge in [-0.1, -0.05) is 18.2 Å². The van der Waals surface area contributed by atoms with Gasteiger partial charge in [0.25, 0.3) is 0 Å². The lowest BCUT2D eigenvalue weighted by atomic mass is 10.1. The number of nitrogens with zero attached hydrogens (tertiary/aromatic N) is 3. The fourth-order valence-corrected chi connectivity index (χ4v) is 2.62. The number of aromatic nitrogens is 2. The zero-order valence-electron chi connectivity index (χ0n) is 12.2. The number of anilines is 1. The topological polar surface area (TPSA) is 64.3 Å². The molecule has 23 heavy (non-hydrogen) atoms. The molecule has 2 heterocycles. The van der Waals surface area contributed by atoms with E-state index in [-0.39, 0.29) is 11.7 Å². The van der Waals surface area contributed by atoms with Crippen LogP contribution in [0, 0.1) is 0 Å². The van der Waals surface area contributed by atoms with Gasteiger partial charge in [-0.05, 0) is 6.07 Å². The van der Waals surface area contributed by atoms with Crippen molar-refractivity contribution in [2.45, 2.75) is 25.9 Å². The van der Waals surface area contributed by atoms with Gasteiger partial charge in [-0.25, -0.2) is 9.97 Å². The van der Waals surface area contributed by atoms with E-state index in [1.807, 2.05) is 4.90 Å². The Balaban J connectivity index is 1.75. The average molecular weight is 324 g/mol. The molecule has 0 radical (unpaired) electrons. The minimum atomic E-state index is -4.70. The number of fused-ring (bicyclic) bond motifs is 1. The van der Waals surface area contributed by atoms with E-state index < -0.39 is 6.36 Å². The highest BCUT2D eigenvalue weighted by molar-refractivity contribution is 5.34. The fraction of sp³-hybridized carbons (Fsp3) is 0.333. The van der Waals surface area contributed by atoms with Crippen LogP contribution in [0.3, 0.4) is 0 Å². The maximum Gasteiger partial charge on any atom is 0.573 e. The standard InChI is InChI=1S/C15H15F3N4O/c16-15(17,18)23-13-4-2-1-3-10(13)8-22-6-5-12-11(9-22)7-20-14(19)21-12/h1-4,7H,5-6,8-9H2,(H2,19,20,21). The van der Waals surface area contributed by atoms with Gasteiger partial charge in [0, 0.05) is 43.4 Å². The third-order valence-corrected chi connectivity index (χ3v) is 3.62. The molecule has 5 nitrogen and oxygen atoms in total. The second-order valence-corrected chi connectivity index (χ2v) is 5.32. The summed E-state index contributed by atoms with van der Waals surface area (Å²) >= 11 is 0. The lowest BCUT2D eigenvalue weighted by molar-refractivity contribution is -0.275. The van der Waals surface area contributed by atoms with Gasteiger partial charge < -0.3 is 10.5 Å². The summed E-state index contributed by atoms with van der Waals surface area (Å²) in [7, 11) is 0. The van der Waals surface area contributed by atoms with Crippen LogP contribution in [-0.2, 0) is 19.5 Å². The molecule has 8 heteroatoms. The Morgan fingerprint density at radius 2 is 2.04 bits per heavy atom. The summed E-state index contributed by atoms with van der Waals surface area (Å²) in [6.07, 6.45) is -2.34. The minimum absolute atomic E-state index is 0.167. The first-order chi connectivity index (χ1) is 10.9. The molecule has 122 valence electrons. The predicted molar refractivity (Wildman–Crippen MR) is 77.4 cm³/mol. The third-order valence-electron chi connectivity index (χ3n) is 3.62. The Hall–Kier alpha value is -2.35. The van der Waals surface area contributed by atoms with Crippen molar-refractivity contribution in [3.05, 3.63) is 47.3 Å². The average Bonchev–Trinajstić information content (AvgIpc) is 2.48. The number of nitrogen functional groups attached to an aromatic ring is 1. The molecule has 3 rings (SSSR count). The fourth-order valence-electron chi connectivity index (χ4n) is 2.62. The van der Waals surface area contributed by atoms with Gasteiger partial charge in [0.1, 0.15) is 5.75 Å². The summed E-state index contributed by atoms with van der Waals surface area (Å²) < 4.78 is 41.5. The lowest BCUT2D eigenvalue weighted by Crippen LogP contribution is -2.31. The molecule has 1 aromatic heterocycles. The number of ether oxygens (including phenoxy) is 1. The van der Waals surface area contributed by atoms with Crippen molar-refractivity contribution in [3.8, 4) is 5.75 Å². The van der Waals surface area contributed by atoms with E-state index in [9.17, 15) is 13.2 Å². The summed E-state index contributed by atoms with van der Waals surface area (Å²) in [4.78, 5) is 10.2. The normalized spacial score (nSPS) is 15.3. The Kier molecular flexibility index (Phi) is 4.08. The van der Waals surface area contributed by atoms with Crippen LogP contribution in [-0.4, -0.2) is 27.8 Å². The maximum atomic E-state index is 12.5. The van der Waals surface area contributed by atoms with Crippen LogP contribution in [0.2, 0.25) is 0 Å². The molecule has 1 aliphatic rings. The second-order valence-electron chi connectivity index (χ2n) is 5.32. The molecule has 0 fully saturated rings. The molecule has 0 spiro atoms. The summed E-state index contributed by atoms with van der Waals surface area (Å²) in [6, 6.07) is 6.17. The molecule has 1 aliphatic heterocycles. The van der Waals surface area contributed by atoms with Crippen molar-refractivity contribution in [1.29, 1.82) is 0 Å². The van der Waals surface area contributed by atoms with E-state index >= 15 is 0 Å². The molecule has 0 saturated heterocycles. The van der Waals surface area contributed by atoms with Crippen molar-refractivity contribution >= 4 is 5.95 Å². The van der Waals surface area contributed by atoms with E-state index in [1.165, 1.54) is 12.1 Å². The molecule has 0 bridgehead atoms. The Morgan fingerprint density at radius 1 is 1.26 bits per heavy atom. The SMILES string of the molecule is Nc1ncc2c(n1)CCN(Cc1ccccc1OC(F)(F)F)C2. The summed E-state index contributed by atoms with van der Waals surface area (Å²) in [5, 5.41) is 0.